The molecule has 0 saturated carbocycles. The average Bonchev–Trinajstić information content (AvgIpc) is 2.86. The number of hydrogen-bond donors (Lipinski definition) is 1. The molecule has 15 heavy (non-hydrogen) atoms. The maximum Gasteiger partial charge on any atom is 0.0946 e. The molecule has 1 N–H and O–H groups in total. The second kappa shape index (κ2) is 5.56. The van der Waals surface area contributed by atoms with Crippen molar-refractivity contribution in [1.82, 2.24) is 14.9 Å². The van der Waals surface area contributed by atoms with Crippen LogP contribution in [0.25, 0.3) is 0 Å². The van der Waals surface area contributed by atoms with E-state index in [1.807, 2.05) is 18.7 Å². The topological polar surface area (TPSA) is 29.9 Å². The van der Waals surface area contributed by atoms with Crippen molar-refractivity contribution in [3.05, 3.63) is 18.7 Å². The fraction of sp³-hybridized carbons (Fsp3) is 0.727. The van der Waals surface area contributed by atoms with E-state index in [1.165, 1.54) is 17.9 Å². The monoisotopic (exact) mass is 225 g/mol. The van der Waals surface area contributed by atoms with Gasteiger partial charge in [-0.15, -0.1) is 0 Å². The molecule has 2 heterocycles. The molecule has 2 atom stereocenters. The van der Waals surface area contributed by atoms with E-state index < -0.39 is 0 Å². The lowest BCUT2D eigenvalue weighted by Gasteiger charge is -2.16. The predicted molar refractivity (Wildman–Crippen MR) is 65.1 cm³/mol. The maximum absolute atomic E-state index is 4.05. The van der Waals surface area contributed by atoms with E-state index in [-0.39, 0.29) is 0 Å². The largest absolute Gasteiger partial charge is 0.337 e. The van der Waals surface area contributed by atoms with E-state index >= 15 is 0 Å². The highest BCUT2D eigenvalue weighted by Gasteiger charge is 2.15. The van der Waals surface area contributed by atoms with Crippen LogP contribution in [0, 0.1) is 5.92 Å². The van der Waals surface area contributed by atoms with Crippen LogP contribution < -0.4 is 5.32 Å². The Labute approximate surface area is 95.7 Å². The summed E-state index contributed by atoms with van der Waals surface area (Å²) in [6.07, 6.45) is 7.10. The number of thioether (sulfide) groups is 1. The molecule has 1 aromatic heterocycles. The van der Waals surface area contributed by atoms with Crippen LogP contribution in [-0.2, 0) is 6.54 Å². The molecule has 1 aliphatic rings. The third-order valence-electron chi connectivity index (χ3n) is 2.77. The van der Waals surface area contributed by atoms with Gasteiger partial charge in [0, 0.05) is 30.7 Å². The van der Waals surface area contributed by atoms with Gasteiger partial charge in [-0.05, 0) is 24.6 Å². The molecule has 0 radical (unpaired) electrons. The highest BCUT2D eigenvalue weighted by atomic mass is 32.2. The van der Waals surface area contributed by atoms with Gasteiger partial charge in [0.25, 0.3) is 0 Å². The summed E-state index contributed by atoms with van der Waals surface area (Å²) in [4.78, 5) is 4.05. The number of imidazole rings is 1. The van der Waals surface area contributed by atoms with Gasteiger partial charge in [0.05, 0.1) is 6.33 Å². The van der Waals surface area contributed by atoms with Crippen molar-refractivity contribution in [3.8, 4) is 0 Å². The summed E-state index contributed by atoms with van der Waals surface area (Å²) in [5, 5.41) is 3.64. The van der Waals surface area contributed by atoms with Crippen LogP contribution in [0.5, 0.6) is 0 Å². The van der Waals surface area contributed by atoms with Gasteiger partial charge in [0.1, 0.15) is 0 Å². The Kier molecular flexibility index (Phi) is 4.09. The van der Waals surface area contributed by atoms with Gasteiger partial charge in [-0.2, -0.15) is 11.8 Å². The lowest BCUT2D eigenvalue weighted by molar-refractivity contribution is 0.418. The van der Waals surface area contributed by atoms with Gasteiger partial charge < -0.3 is 9.88 Å². The molecule has 1 aromatic rings. The first-order valence-electron chi connectivity index (χ1n) is 5.61. The molecule has 0 bridgehead atoms. The van der Waals surface area contributed by atoms with E-state index in [0.717, 1.165) is 19.1 Å². The smallest absolute Gasteiger partial charge is 0.0946 e. The fourth-order valence-corrected chi connectivity index (χ4v) is 3.07. The third kappa shape index (κ3) is 3.54. The van der Waals surface area contributed by atoms with Crippen LogP contribution in [-0.4, -0.2) is 33.6 Å². The number of nitrogens with zero attached hydrogens (tertiary/aromatic N) is 2. The Bertz CT molecular complexity index is 267. The average molecular weight is 225 g/mol. The first-order valence-corrected chi connectivity index (χ1v) is 6.77. The molecule has 0 amide bonds. The summed E-state index contributed by atoms with van der Waals surface area (Å²) in [6, 6.07) is 0.750. The number of hydrogen-bond acceptors (Lipinski definition) is 3. The van der Waals surface area contributed by atoms with Crippen molar-refractivity contribution in [1.29, 1.82) is 0 Å². The van der Waals surface area contributed by atoms with Crippen LogP contribution in [0.4, 0.5) is 0 Å². The SMILES string of the molecule is CC(CNC1CCSC1)Cn1ccnc1. The zero-order chi connectivity index (χ0) is 10.5. The molecule has 0 spiro atoms. The molecule has 4 heteroatoms. The normalized spacial score (nSPS) is 23.1. The second-order valence-electron chi connectivity index (χ2n) is 4.33. The number of rotatable bonds is 5. The Morgan fingerprint density at radius 1 is 1.67 bits per heavy atom. The van der Waals surface area contributed by atoms with Gasteiger partial charge >= 0.3 is 0 Å². The van der Waals surface area contributed by atoms with E-state index in [4.69, 9.17) is 0 Å². The fourth-order valence-electron chi connectivity index (χ4n) is 1.88. The standard InChI is InChI=1S/C11H19N3S/c1-10(7-14-4-3-12-9-14)6-13-11-2-5-15-8-11/h3-4,9-11,13H,2,5-8H2,1H3. The molecular formula is C11H19N3S. The minimum absolute atomic E-state index is 0.671. The van der Waals surface area contributed by atoms with Crippen LogP contribution in [0.1, 0.15) is 13.3 Å². The third-order valence-corrected chi connectivity index (χ3v) is 3.93. The molecule has 1 fully saturated rings. The number of aromatic nitrogens is 2. The van der Waals surface area contributed by atoms with Gasteiger partial charge in [-0.25, -0.2) is 4.98 Å². The first-order chi connectivity index (χ1) is 7.34. The summed E-state index contributed by atoms with van der Waals surface area (Å²) >= 11 is 2.06. The Morgan fingerprint density at radius 3 is 3.27 bits per heavy atom. The molecule has 1 saturated heterocycles. The van der Waals surface area contributed by atoms with Crippen molar-refractivity contribution in [2.75, 3.05) is 18.1 Å². The Hall–Kier alpha value is -0.480. The maximum atomic E-state index is 4.05. The lowest BCUT2D eigenvalue weighted by atomic mass is 10.1. The van der Waals surface area contributed by atoms with Crippen LogP contribution >= 0.6 is 11.8 Å². The summed E-state index contributed by atoms with van der Waals surface area (Å²) in [5.41, 5.74) is 0. The zero-order valence-electron chi connectivity index (χ0n) is 9.22. The highest BCUT2D eigenvalue weighted by molar-refractivity contribution is 7.99. The molecular weight excluding hydrogens is 206 g/mol. The summed E-state index contributed by atoms with van der Waals surface area (Å²) < 4.78 is 2.15. The summed E-state index contributed by atoms with van der Waals surface area (Å²) in [5.74, 6) is 3.29. The molecule has 1 aliphatic heterocycles. The van der Waals surface area contributed by atoms with E-state index in [2.05, 4.69) is 33.6 Å². The van der Waals surface area contributed by atoms with Crippen LogP contribution in [0.2, 0.25) is 0 Å². The molecule has 2 unspecified atom stereocenters. The van der Waals surface area contributed by atoms with Crippen LogP contribution in [0.15, 0.2) is 18.7 Å². The second-order valence-corrected chi connectivity index (χ2v) is 5.48. The van der Waals surface area contributed by atoms with Crippen molar-refractivity contribution in [2.24, 2.45) is 5.92 Å². The molecule has 2 rings (SSSR count). The minimum atomic E-state index is 0.671. The molecule has 84 valence electrons. The highest BCUT2D eigenvalue weighted by Crippen LogP contribution is 2.17. The van der Waals surface area contributed by atoms with Crippen molar-refractivity contribution >= 4 is 11.8 Å². The van der Waals surface area contributed by atoms with Gasteiger partial charge in [0.15, 0.2) is 0 Å². The van der Waals surface area contributed by atoms with Crippen molar-refractivity contribution < 1.29 is 0 Å². The first kappa shape index (κ1) is 11.0. The van der Waals surface area contributed by atoms with E-state index in [0.29, 0.717) is 5.92 Å². The van der Waals surface area contributed by atoms with Gasteiger partial charge in [-0.1, -0.05) is 6.92 Å². The summed E-state index contributed by atoms with van der Waals surface area (Å²) in [7, 11) is 0. The molecule has 3 nitrogen and oxygen atoms in total. The van der Waals surface area contributed by atoms with Crippen molar-refractivity contribution in [3.63, 3.8) is 0 Å². The Morgan fingerprint density at radius 2 is 2.60 bits per heavy atom. The summed E-state index contributed by atoms with van der Waals surface area (Å²) in [6.45, 7) is 4.46. The van der Waals surface area contributed by atoms with E-state index in [1.54, 1.807) is 0 Å². The van der Waals surface area contributed by atoms with Gasteiger partial charge in [0.2, 0.25) is 0 Å². The minimum Gasteiger partial charge on any atom is -0.337 e. The zero-order valence-corrected chi connectivity index (χ0v) is 10.0. The van der Waals surface area contributed by atoms with Gasteiger partial charge in [-0.3, -0.25) is 0 Å². The lowest BCUT2D eigenvalue weighted by Crippen LogP contribution is -2.33. The van der Waals surface area contributed by atoms with E-state index in [9.17, 15) is 0 Å². The molecule has 0 aliphatic carbocycles. The quantitative estimate of drug-likeness (QED) is 0.826. The Balaban J connectivity index is 1.66. The number of nitrogens with one attached hydrogen (secondary N) is 1. The van der Waals surface area contributed by atoms with Crippen molar-refractivity contribution in [2.45, 2.75) is 25.9 Å². The molecule has 0 aromatic carbocycles. The van der Waals surface area contributed by atoms with Crippen LogP contribution in [0.3, 0.4) is 0 Å². The predicted octanol–water partition coefficient (Wildman–Crippen LogP) is 1.61.